The van der Waals surface area contributed by atoms with Crippen molar-refractivity contribution in [3.05, 3.63) is 58.7 Å². The van der Waals surface area contributed by atoms with Gasteiger partial charge in [0.15, 0.2) is 0 Å². The van der Waals surface area contributed by atoms with Crippen molar-refractivity contribution in [2.24, 2.45) is 11.8 Å². The summed E-state index contributed by atoms with van der Waals surface area (Å²) >= 11 is 0. The molecule has 0 bridgehead atoms. The number of unbranched alkanes of at least 4 members (excludes halogenated alkanes) is 8. The number of phenols is 2. The summed E-state index contributed by atoms with van der Waals surface area (Å²) < 4.78 is 0. The molecule has 2 atom stereocenters. The Balaban J connectivity index is 1.91. The van der Waals surface area contributed by atoms with Crippen LogP contribution in [-0.2, 0) is 22.4 Å². The van der Waals surface area contributed by atoms with Crippen molar-refractivity contribution >= 4 is 23.6 Å². The predicted molar refractivity (Wildman–Crippen MR) is 189 cm³/mol. The quantitative estimate of drug-likeness (QED) is 0.0612. The lowest BCUT2D eigenvalue weighted by Gasteiger charge is -2.19. The molecule has 10 heteroatoms. The van der Waals surface area contributed by atoms with E-state index >= 15 is 0 Å². The van der Waals surface area contributed by atoms with Gasteiger partial charge in [-0.2, -0.15) is 0 Å². The molecule has 2 unspecified atom stereocenters. The predicted octanol–water partition coefficient (Wildman–Crippen LogP) is 7.18. The Kier molecular flexibility index (Phi) is 18.8. The molecule has 0 saturated carbocycles. The lowest BCUT2D eigenvalue weighted by atomic mass is 9.91. The van der Waals surface area contributed by atoms with Crippen LogP contribution < -0.4 is 21.7 Å². The Bertz CT molecular complexity index is 1310. The maximum Gasteiger partial charge on any atom is 0.273 e. The van der Waals surface area contributed by atoms with Gasteiger partial charge in [0.05, 0.1) is 11.1 Å². The van der Waals surface area contributed by atoms with Gasteiger partial charge in [0.1, 0.15) is 11.5 Å². The number of benzene rings is 2. The average Bonchev–Trinajstić information content (AvgIpc) is 3.08. The molecule has 0 heterocycles. The second kappa shape index (κ2) is 22.5. The fourth-order valence-corrected chi connectivity index (χ4v) is 5.58. The van der Waals surface area contributed by atoms with E-state index in [2.05, 4.69) is 42.5 Å². The standard InChI is InChI=1S/C38H58N4O6/c1-5-8-11-14-16-28-20-23-33(43)31(25-28)37(47)41-39-35(45)27(4)19-22-30(18-13-10-7-3)36(46)40-42-38(48)32-26-29(21-24-34(32)44)17-15-12-9-6-2/h20-21,23-27,30,43-44H,5-19,22H2,1-4H3,(H,39,45)(H,40,46)(H,41,47)(H,42,48). The van der Waals surface area contributed by atoms with Crippen molar-refractivity contribution < 1.29 is 29.4 Å². The van der Waals surface area contributed by atoms with Crippen LogP contribution >= 0.6 is 0 Å². The van der Waals surface area contributed by atoms with E-state index < -0.39 is 29.6 Å². The van der Waals surface area contributed by atoms with E-state index in [1.54, 1.807) is 31.2 Å². The van der Waals surface area contributed by atoms with Crippen molar-refractivity contribution in [2.45, 2.75) is 130 Å². The molecule has 2 aromatic rings. The van der Waals surface area contributed by atoms with Crippen LogP contribution in [0.5, 0.6) is 11.5 Å². The molecule has 0 spiro atoms. The van der Waals surface area contributed by atoms with E-state index in [9.17, 15) is 29.4 Å². The van der Waals surface area contributed by atoms with Crippen LogP contribution in [0.2, 0.25) is 0 Å². The molecule has 0 aliphatic rings. The molecule has 10 nitrogen and oxygen atoms in total. The van der Waals surface area contributed by atoms with Gasteiger partial charge in [-0.15, -0.1) is 0 Å². The van der Waals surface area contributed by atoms with Gasteiger partial charge in [-0.3, -0.25) is 40.9 Å². The Morgan fingerprint density at radius 2 is 1.02 bits per heavy atom. The molecular formula is C38H58N4O6. The monoisotopic (exact) mass is 666 g/mol. The molecule has 6 N–H and O–H groups in total. The maximum atomic E-state index is 13.2. The number of carbonyl (C=O) groups excluding carboxylic acids is 4. The van der Waals surface area contributed by atoms with Crippen LogP contribution in [0.4, 0.5) is 0 Å². The molecule has 0 fully saturated rings. The highest BCUT2D eigenvalue weighted by Crippen LogP contribution is 2.23. The molecule has 4 amide bonds. The minimum absolute atomic E-state index is 0.0951. The smallest absolute Gasteiger partial charge is 0.273 e. The molecule has 0 saturated heterocycles. The lowest BCUT2D eigenvalue weighted by molar-refractivity contribution is -0.128. The Hall–Kier alpha value is -4.08. The molecule has 48 heavy (non-hydrogen) atoms. The molecule has 0 aliphatic heterocycles. The lowest BCUT2D eigenvalue weighted by Crippen LogP contribution is -2.45. The number of amides is 4. The largest absolute Gasteiger partial charge is 0.507 e. The average molecular weight is 667 g/mol. The summed E-state index contributed by atoms with van der Waals surface area (Å²) in [7, 11) is 0. The molecule has 0 aliphatic carbocycles. The van der Waals surface area contributed by atoms with Gasteiger partial charge >= 0.3 is 0 Å². The Morgan fingerprint density at radius 1 is 0.562 bits per heavy atom. The summed E-state index contributed by atoms with van der Waals surface area (Å²) in [5.74, 6) is -3.26. The second-order valence-corrected chi connectivity index (χ2v) is 12.9. The van der Waals surface area contributed by atoms with Gasteiger partial charge in [-0.25, -0.2) is 0 Å². The number of carbonyl (C=O) groups is 4. The Labute approximate surface area is 286 Å². The van der Waals surface area contributed by atoms with Crippen molar-refractivity contribution in [3.63, 3.8) is 0 Å². The third-order valence-electron chi connectivity index (χ3n) is 8.77. The molecule has 266 valence electrons. The summed E-state index contributed by atoms with van der Waals surface area (Å²) in [6.45, 7) is 8.09. The zero-order valence-corrected chi connectivity index (χ0v) is 29.5. The third-order valence-corrected chi connectivity index (χ3v) is 8.77. The van der Waals surface area contributed by atoms with Gasteiger partial charge in [-0.1, -0.05) is 97.6 Å². The number of aromatic hydroxyl groups is 2. The van der Waals surface area contributed by atoms with Crippen LogP contribution in [0.1, 0.15) is 149 Å². The first-order valence-corrected chi connectivity index (χ1v) is 17.9. The number of nitrogens with one attached hydrogen (secondary N) is 4. The molecular weight excluding hydrogens is 608 g/mol. The van der Waals surface area contributed by atoms with E-state index in [-0.39, 0.29) is 28.5 Å². The van der Waals surface area contributed by atoms with E-state index in [0.717, 1.165) is 94.6 Å². The van der Waals surface area contributed by atoms with E-state index in [4.69, 9.17) is 0 Å². The van der Waals surface area contributed by atoms with Crippen LogP contribution in [0.15, 0.2) is 36.4 Å². The fourth-order valence-electron chi connectivity index (χ4n) is 5.58. The van der Waals surface area contributed by atoms with Crippen molar-refractivity contribution in [1.29, 1.82) is 0 Å². The number of hydrazine groups is 2. The molecule has 0 radical (unpaired) electrons. The van der Waals surface area contributed by atoms with Crippen molar-refractivity contribution in [2.75, 3.05) is 0 Å². The van der Waals surface area contributed by atoms with Crippen molar-refractivity contribution in [3.8, 4) is 11.5 Å². The fraction of sp³-hybridized carbons (Fsp3) is 0.579. The van der Waals surface area contributed by atoms with E-state index in [1.807, 2.05) is 0 Å². The first-order valence-electron chi connectivity index (χ1n) is 17.9. The number of phenolic OH excluding ortho intramolecular Hbond substituents is 2. The number of aryl methyl sites for hydroxylation is 2. The summed E-state index contributed by atoms with van der Waals surface area (Å²) in [6, 6.07) is 9.92. The number of hydrogen-bond donors (Lipinski definition) is 6. The topological polar surface area (TPSA) is 157 Å². The van der Waals surface area contributed by atoms with Crippen molar-refractivity contribution in [1.82, 2.24) is 21.7 Å². The van der Waals surface area contributed by atoms with Gasteiger partial charge in [0, 0.05) is 11.8 Å². The highest BCUT2D eigenvalue weighted by Gasteiger charge is 2.23. The number of rotatable bonds is 21. The number of hydrogen-bond acceptors (Lipinski definition) is 6. The minimum Gasteiger partial charge on any atom is -0.507 e. The van der Waals surface area contributed by atoms with Crippen LogP contribution in [0.3, 0.4) is 0 Å². The van der Waals surface area contributed by atoms with Crippen LogP contribution in [0.25, 0.3) is 0 Å². The van der Waals surface area contributed by atoms with Crippen LogP contribution in [0, 0.1) is 11.8 Å². The first-order chi connectivity index (χ1) is 23.1. The SMILES string of the molecule is CCCCCCc1ccc(O)c(C(=O)NNC(=O)C(C)CCC(CCCCC)C(=O)NNC(=O)c2cc(CCCCCC)ccc2O)c1. The summed E-state index contributed by atoms with van der Waals surface area (Å²) in [5, 5.41) is 20.5. The molecule has 0 aromatic heterocycles. The van der Waals surface area contributed by atoms with E-state index in [0.29, 0.717) is 19.3 Å². The van der Waals surface area contributed by atoms with Gasteiger partial charge in [0.25, 0.3) is 11.8 Å². The zero-order chi connectivity index (χ0) is 35.3. The molecule has 2 aromatic carbocycles. The normalized spacial score (nSPS) is 12.2. The van der Waals surface area contributed by atoms with Gasteiger partial charge in [-0.05, 0) is 80.3 Å². The first kappa shape index (κ1) is 40.1. The zero-order valence-electron chi connectivity index (χ0n) is 29.5. The second-order valence-electron chi connectivity index (χ2n) is 12.9. The Morgan fingerprint density at radius 3 is 1.50 bits per heavy atom. The summed E-state index contributed by atoms with van der Waals surface area (Å²) in [4.78, 5) is 51.7. The highest BCUT2D eigenvalue weighted by atomic mass is 16.3. The van der Waals surface area contributed by atoms with Gasteiger partial charge < -0.3 is 10.2 Å². The minimum atomic E-state index is -0.607. The molecule has 2 rings (SSSR count). The van der Waals surface area contributed by atoms with Crippen LogP contribution in [-0.4, -0.2) is 33.8 Å². The summed E-state index contributed by atoms with van der Waals surface area (Å²) in [6.07, 6.45) is 14.5. The third kappa shape index (κ3) is 14.4. The van der Waals surface area contributed by atoms with Gasteiger partial charge in [0.2, 0.25) is 11.8 Å². The summed E-state index contributed by atoms with van der Waals surface area (Å²) in [5.41, 5.74) is 11.9. The maximum absolute atomic E-state index is 13.2. The van der Waals surface area contributed by atoms with E-state index in [1.165, 1.54) is 12.1 Å². The highest BCUT2D eigenvalue weighted by molar-refractivity contribution is 5.98.